The molecule has 0 aliphatic carbocycles. The third-order valence-corrected chi connectivity index (χ3v) is 4.94. The van der Waals surface area contributed by atoms with Crippen molar-refractivity contribution in [3.8, 4) is 0 Å². The highest BCUT2D eigenvalue weighted by Gasteiger charge is 2.22. The van der Waals surface area contributed by atoms with Gasteiger partial charge in [0.15, 0.2) is 0 Å². The molecule has 0 fully saturated rings. The van der Waals surface area contributed by atoms with Crippen LogP contribution in [0.2, 0.25) is 0 Å². The Labute approximate surface area is 112 Å². The molecule has 0 saturated heterocycles. The summed E-state index contributed by atoms with van der Waals surface area (Å²) in [5, 5.41) is 4.27. The van der Waals surface area contributed by atoms with Crippen molar-refractivity contribution in [3.63, 3.8) is 0 Å². The molecule has 18 heavy (non-hydrogen) atoms. The molecule has 1 amide bonds. The molecular weight excluding hydrogens is 272 g/mol. The Bertz CT molecular complexity index is 539. The van der Waals surface area contributed by atoms with Crippen LogP contribution in [0.25, 0.3) is 0 Å². The van der Waals surface area contributed by atoms with Crippen LogP contribution in [0.1, 0.15) is 30.4 Å². The van der Waals surface area contributed by atoms with Gasteiger partial charge in [-0.1, -0.05) is 0 Å². The van der Waals surface area contributed by atoms with Gasteiger partial charge >= 0.3 is 0 Å². The van der Waals surface area contributed by atoms with Crippen molar-refractivity contribution in [2.75, 3.05) is 14.1 Å². The van der Waals surface area contributed by atoms with Gasteiger partial charge in [0.05, 0.1) is 9.77 Å². The first-order valence-corrected chi connectivity index (χ1v) is 7.69. The highest BCUT2D eigenvalue weighted by Crippen LogP contribution is 2.21. The van der Waals surface area contributed by atoms with Gasteiger partial charge < -0.3 is 5.32 Å². The second kappa shape index (κ2) is 4.99. The summed E-state index contributed by atoms with van der Waals surface area (Å²) < 4.78 is 24.8. The Morgan fingerprint density at radius 2 is 1.89 bits per heavy atom. The summed E-state index contributed by atoms with van der Waals surface area (Å²) in [6.45, 7) is 5.61. The van der Waals surface area contributed by atoms with Crippen molar-refractivity contribution in [3.05, 3.63) is 16.3 Å². The molecule has 0 atom stereocenters. The number of nitrogens with zero attached hydrogens (tertiary/aromatic N) is 1. The minimum atomic E-state index is -3.47. The zero-order valence-electron chi connectivity index (χ0n) is 11.1. The third-order valence-electron chi connectivity index (χ3n) is 2.07. The maximum atomic E-state index is 11.9. The first-order chi connectivity index (χ1) is 8.04. The topological polar surface area (TPSA) is 66.5 Å². The number of carbonyl (C=O) groups excluding carboxylic acids is 1. The second-order valence-electron chi connectivity index (χ2n) is 5.14. The Balaban J connectivity index is 2.98. The van der Waals surface area contributed by atoms with Crippen LogP contribution < -0.4 is 5.32 Å². The highest BCUT2D eigenvalue weighted by molar-refractivity contribution is 7.89. The van der Waals surface area contributed by atoms with Crippen LogP contribution in [0.3, 0.4) is 0 Å². The summed E-state index contributed by atoms with van der Waals surface area (Å²) in [6.07, 6.45) is 0. The first kappa shape index (κ1) is 15.1. The molecule has 0 spiro atoms. The fraction of sp³-hybridized carbons (Fsp3) is 0.545. The molecule has 0 saturated carbocycles. The fourth-order valence-corrected chi connectivity index (χ4v) is 3.24. The number of nitrogens with one attached hydrogen (secondary N) is 1. The van der Waals surface area contributed by atoms with E-state index in [-0.39, 0.29) is 16.3 Å². The average molecular weight is 290 g/mol. The molecular formula is C11H18N2O3S2. The van der Waals surface area contributed by atoms with Gasteiger partial charge in [-0.25, -0.2) is 12.7 Å². The summed E-state index contributed by atoms with van der Waals surface area (Å²) in [5.74, 6) is -0.257. The largest absolute Gasteiger partial charge is 0.347 e. The molecule has 1 heterocycles. The van der Waals surface area contributed by atoms with Gasteiger partial charge in [0, 0.05) is 25.0 Å². The molecule has 1 aromatic heterocycles. The van der Waals surface area contributed by atoms with Crippen LogP contribution in [-0.2, 0) is 10.0 Å². The van der Waals surface area contributed by atoms with Crippen molar-refractivity contribution in [1.29, 1.82) is 0 Å². The van der Waals surface area contributed by atoms with Gasteiger partial charge in [-0.15, -0.1) is 11.3 Å². The molecule has 1 N–H and O–H groups in total. The summed E-state index contributed by atoms with van der Waals surface area (Å²) in [6, 6.07) is 1.40. The third kappa shape index (κ3) is 3.54. The minimum Gasteiger partial charge on any atom is -0.347 e. The van der Waals surface area contributed by atoms with Crippen molar-refractivity contribution in [2.45, 2.75) is 31.2 Å². The molecule has 0 bridgehead atoms. The monoisotopic (exact) mass is 290 g/mol. The standard InChI is InChI=1S/C11H18N2O3S2/c1-11(2,3)12-10(14)9-6-8(7-17-9)18(15,16)13(4)5/h6-7H,1-5H3,(H,12,14). The second-order valence-corrected chi connectivity index (χ2v) is 8.20. The Hall–Kier alpha value is -0.920. The van der Waals surface area contributed by atoms with Crippen LogP contribution >= 0.6 is 11.3 Å². The van der Waals surface area contributed by atoms with Crippen LogP contribution in [0.5, 0.6) is 0 Å². The van der Waals surface area contributed by atoms with Crippen molar-refractivity contribution >= 4 is 27.3 Å². The van der Waals surface area contributed by atoms with Crippen LogP contribution in [-0.4, -0.2) is 38.3 Å². The van der Waals surface area contributed by atoms with Crippen molar-refractivity contribution in [1.82, 2.24) is 9.62 Å². The lowest BCUT2D eigenvalue weighted by Gasteiger charge is -2.19. The summed E-state index contributed by atoms with van der Waals surface area (Å²) >= 11 is 1.12. The van der Waals surface area contributed by atoms with E-state index in [1.165, 1.54) is 25.5 Å². The average Bonchev–Trinajstić information content (AvgIpc) is 2.63. The predicted octanol–water partition coefficient (Wildman–Crippen LogP) is 1.53. The number of carbonyl (C=O) groups is 1. The smallest absolute Gasteiger partial charge is 0.261 e. The molecule has 7 heteroatoms. The number of amides is 1. The fourth-order valence-electron chi connectivity index (χ4n) is 1.19. The van der Waals surface area contributed by atoms with Gasteiger partial charge in [0.1, 0.15) is 0 Å². The van der Waals surface area contributed by atoms with Crippen molar-refractivity contribution < 1.29 is 13.2 Å². The quantitative estimate of drug-likeness (QED) is 0.918. The lowest BCUT2D eigenvalue weighted by atomic mass is 10.1. The van der Waals surface area contributed by atoms with Gasteiger partial charge in [-0.3, -0.25) is 4.79 Å². The number of rotatable bonds is 3. The maximum Gasteiger partial charge on any atom is 0.261 e. The summed E-state index contributed by atoms with van der Waals surface area (Å²) in [4.78, 5) is 12.4. The van der Waals surface area contributed by atoms with E-state index in [4.69, 9.17) is 0 Å². The SMILES string of the molecule is CN(C)S(=O)(=O)c1csc(C(=O)NC(C)(C)C)c1. The van der Waals surface area contributed by atoms with E-state index in [0.717, 1.165) is 15.6 Å². The van der Waals surface area contributed by atoms with Crippen LogP contribution in [0.4, 0.5) is 0 Å². The Kier molecular flexibility index (Phi) is 4.19. The van der Waals surface area contributed by atoms with E-state index in [9.17, 15) is 13.2 Å². The number of sulfonamides is 1. The van der Waals surface area contributed by atoms with E-state index in [1.54, 1.807) is 0 Å². The zero-order chi connectivity index (χ0) is 14.1. The van der Waals surface area contributed by atoms with E-state index in [0.29, 0.717) is 4.88 Å². The summed E-state index contributed by atoms with van der Waals surface area (Å²) in [7, 11) is -0.549. The highest BCUT2D eigenvalue weighted by atomic mass is 32.2. The van der Waals surface area contributed by atoms with Gasteiger partial charge in [-0.05, 0) is 26.8 Å². The minimum absolute atomic E-state index is 0.150. The van der Waals surface area contributed by atoms with Gasteiger partial charge in [0.25, 0.3) is 5.91 Å². The van der Waals surface area contributed by atoms with E-state index in [1.807, 2.05) is 20.8 Å². The van der Waals surface area contributed by atoms with E-state index in [2.05, 4.69) is 5.32 Å². The normalized spacial score (nSPS) is 12.8. The molecule has 1 aromatic rings. The molecule has 0 aromatic carbocycles. The molecule has 1 rings (SSSR count). The maximum absolute atomic E-state index is 11.9. The molecule has 0 aliphatic heterocycles. The number of thiophene rings is 1. The Morgan fingerprint density at radius 1 is 1.33 bits per heavy atom. The predicted molar refractivity (Wildman–Crippen MR) is 72.4 cm³/mol. The molecule has 5 nitrogen and oxygen atoms in total. The van der Waals surface area contributed by atoms with Gasteiger partial charge in [-0.2, -0.15) is 0 Å². The lowest BCUT2D eigenvalue weighted by Crippen LogP contribution is -2.40. The first-order valence-electron chi connectivity index (χ1n) is 5.37. The molecule has 0 aliphatic rings. The Morgan fingerprint density at radius 3 is 2.33 bits per heavy atom. The molecule has 0 unspecified atom stereocenters. The number of hydrogen-bond acceptors (Lipinski definition) is 4. The molecule has 0 radical (unpaired) electrons. The van der Waals surface area contributed by atoms with Crippen LogP contribution in [0, 0.1) is 0 Å². The molecule has 102 valence electrons. The van der Waals surface area contributed by atoms with Gasteiger partial charge in [0.2, 0.25) is 10.0 Å². The zero-order valence-corrected chi connectivity index (χ0v) is 12.8. The summed E-state index contributed by atoms with van der Waals surface area (Å²) in [5.41, 5.74) is -0.346. The van der Waals surface area contributed by atoms with Crippen LogP contribution in [0.15, 0.2) is 16.3 Å². The lowest BCUT2D eigenvalue weighted by molar-refractivity contribution is 0.0923. The van der Waals surface area contributed by atoms with E-state index < -0.39 is 10.0 Å². The number of hydrogen-bond donors (Lipinski definition) is 1. The van der Waals surface area contributed by atoms with Crippen molar-refractivity contribution in [2.24, 2.45) is 0 Å². The van der Waals surface area contributed by atoms with E-state index >= 15 is 0 Å².